The molecule has 2 N–H and O–H groups in total. The summed E-state index contributed by atoms with van der Waals surface area (Å²) < 4.78 is 1.46. The van der Waals surface area contributed by atoms with Crippen molar-refractivity contribution in [2.24, 2.45) is 0 Å². The van der Waals surface area contributed by atoms with E-state index in [-0.39, 0.29) is 36.9 Å². The number of hydrogen-bond acceptors (Lipinski definition) is 5. The molecule has 29 heavy (non-hydrogen) atoms. The lowest BCUT2D eigenvalue weighted by atomic mass is 10.2. The highest BCUT2D eigenvalue weighted by atomic mass is 16.2. The fourth-order valence-electron chi connectivity index (χ4n) is 3.17. The second-order valence-electron chi connectivity index (χ2n) is 6.57. The van der Waals surface area contributed by atoms with E-state index in [0.29, 0.717) is 22.2 Å². The van der Waals surface area contributed by atoms with Gasteiger partial charge in [0.2, 0.25) is 17.2 Å². The first-order chi connectivity index (χ1) is 14.0. The lowest BCUT2D eigenvalue weighted by Gasteiger charge is -2.14. The van der Waals surface area contributed by atoms with Crippen LogP contribution in [0.2, 0.25) is 0 Å². The van der Waals surface area contributed by atoms with Crippen LogP contribution < -0.4 is 16.1 Å². The van der Waals surface area contributed by atoms with Crippen LogP contribution in [-0.2, 0) is 22.7 Å². The number of benzene rings is 2. The van der Waals surface area contributed by atoms with Gasteiger partial charge in [0.25, 0.3) is 0 Å². The number of rotatable bonds is 5. The SMILES string of the molecule is O=C(Cn1ncc(=O)c2ccccc21)Nc1cccc(CN2C(=O)CNC2=O)c1. The zero-order valence-electron chi connectivity index (χ0n) is 15.3. The molecule has 4 rings (SSSR count). The molecule has 2 heterocycles. The lowest BCUT2D eigenvalue weighted by Crippen LogP contribution is -2.30. The Morgan fingerprint density at radius 2 is 1.93 bits per heavy atom. The number of nitrogens with zero attached hydrogens (tertiary/aromatic N) is 3. The summed E-state index contributed by atoms with van der Waals surface area (Å²) in [6, 6.07) is 13.4. The Labute approximate surface area is 164 Å². The number of hydrogen-bond donors (Lipinski definition) is 2. The van der Waals surface area contributed by atoms with Gasteiger partial charge >= 0.3 is 6.03 Å². The molecule has 9 heteroatoms. The van der Waals surface area contributed by atoms with E-state index >= 15 is 0 Å². The van der Waals surface area contributed by atoms with E-state index in [1.54, 1.807) is 48.5 Å². The average Bonchev–Trinajstić information content (AvgIpc) is 3.03. The van der Waals surface area contributed by atoms with Gasteiger partial charge in [0.1, 0.15) is 6.54 Å². The Morgan fingerprint density at radius 1 is 1.10 bits per heavy atom. The van der Waals surface area contributed by atoms with Gasteiger partial charge in [-0.3, -0.25) is 24.0 Å². The molecule has 0 spiro atoms. The van der Waals surface area contributed by atoms with Crippen LogP contribution in [0.4, 0.5) is 10.5 Å². The van der Waals surface area contributed by atoms with Crippen molar-refractivity contribution >= 4 is 34.4 Å². The third-order valence-corrected chi connectivity index (χ3v) is 4.54. The molecule has 0 saturated carbocycles. The monoisotopic (exact) mass is 391 g/mol. The molecule has 3 aromatic rings. The largest absolute Gasteiger partial charge is 0.329 e. The second kappa shape index (κ2) is 7.55. The highest BCUT2D eigenvalue weighted by molar-refractivity contribution is 6.01. The third kappa shape index (κ3) is 3.84. The molecule has 1 aliphatic heterocycles. The number of carbonyl (C=O) groups is 3. The molecular formula is C20H17N5O4. The van der Waals surface area contributed by atoms with Gasteiger partial charge in [-0.1, -0.05) is 24.3 Å². The standard InChI is InChI=1S/C20H17N5O4/c26-17-9-22-25(16-7-2-1-6-15(16)17)12-18(27)23-14-5-3-4-13(8-14)11-24-19(28)10-21-20(24)29/h1-9H,10-12H2,(H,21,29)(H,23,27). The van der Waals surface area contributed by atoms with Gasteiger partial charge in [-0.05, 0) is 29.8 Å². The first-order valence-corrected chi connectivity index (χ1v) is 8.93. The summed E-state index contributed by atoms with van der Waals surface area (Å²) in [4.78, 5) is 48.9. The molecule has 0 atom stereocenters. The smallest absolute Gasteiger partial charge is 0.324 e. The van der Waals surface area contributed by atoms with Crippen molar-refractivity contribution in [3.05, 3.63) is 70.5 Å². The Morgan fingerprint density at radius 3 is 2.72 bits per heavy atom. The van der Waals surface area contributed by atoms with E-state index in [1.165, 1.54) is 10.9 Å². The molecular weight excluding hydrogens is 374 g/mol. The number of aromatic nitrogens is 2. The van der Waals surface area contributed by atoms with Crippen LogP contribution in [0, 0.1) is 0 Å². The molecule has 0 bridgehead atoms. The van der Waals surface area contributed by atoms with Crippen LogP contribution in [0.15, 0.2) is 59.5 Å². The Bertz CT molecular complexity index is 1170. The molecule has 0 unspecified atom stereocenters. The van der Waals surface area contributed by atoms with Crippen molar-refractivity contribution in [1.29, 1.82) is 0 Å². The summed E-state index contributed by atoms with van der Waals surface area (Å²) in [6.07, 6.45) is 1.19. The van der Waals surface area contributed by atoms with E-state index in [4.69, 9.17) is 0 Å². The van der Waals surface area contributed by atoms with Gasteiger partial charge in [-0.2, -0.15) is 5.10 Å². The topological polar surface area (TPSA) is 113 Å². The maximum absolute atomic E-state index is 12.5. The van der Waals surface area contributed by atoms with Gasteiger partial charge in [-0.25, -0.2) is 4.79 Å². The van der Waals surface area contributed by atoms with Crippen molar-refractivity contribution in [3.8, 4) is 0 Å². The number of imide groups is 1. The van der Waals surface area contributed by atoms with E-state index < -0.39 is 6.03 Å². The number of fused-ring (bicyclic) bond motifs is 1. The van der Waals surface area contributed by atoms with Crippen LogP contribution in [0.3, 0.4) is 0 Å². The number of nitrogens with one attached hydrogen (secondary N) is 2. The van der Waals surface area contributed by atoms with Gasteiger partial charge in [0, 0.05) is 11.1 Å². The second-order valence-corrected chi connectivity index (χ2v) is 6.57. The molecule has 1 aromatic heterocycles. The lowest BCUT2D eigenvalue weighted by molar-refractivity contribution is -0.125. The first kappa shape index (κ1) is 18.4. The van der Waals surface area contributed by atoms with Crippen molar-refractivity contribution in [1.82, 2.24) is 20.0 Å². The quantitative estimate of drug-likeness (QED) is 0.632. The maximum atomic E-state index is 12.5. The predicted molar refractivity (Wildman–Crippen MR) is 105 cm³/mol. The van der Waals surface area contributed by atoms with E-state index in [9.17, 15) is 19.2 Å². The predicted octanol–water partition coefficient (Wildman–Crippen LogP) is 1.09. The summed E-state index contributed by atoms with van der Waals surface area (Å²) in [5.74, 6) is -0.612. The Balaban J connectivity index is 1.48. The molecule has 9 nitrogen and oxygen atoms in total. The van der Waals surface area contributed by atoms with E-state index in [2.05, 4.69) is 15.7 Å². The molecule has 1 fully saturated rings. The summed E-state index contributed by atoms with van der Waals surface area (Å²) in [5, 5.41) is 9.78. The third-order valence-electron chi connectivity index (χ3n) is 4.54. The van der Waals surface area contributed by atoms with Crippen LogP contribution in [0.5, 0.6) is 0 Å². The summed E-state index contributed by atoms with van der Waals surface area (Å²) >= 11 is 0. The fourth-order valence-corrected chi connectivity index (χ4v) is 3.17. The normalized spacial score (nSPS) is 13.6. The number of carbonyl (C=O) groups excluding carboxylic acids is 3. The molecule has 146 valence electrons. The molecule has 0 radical (unpaired) electrons. The van der Waals surface area contributed by atoms with Crippen molar-refractivity contribution in [3.63, 3.8) is 0 Å². The van der Waals surface area contributed by atoms with Crippen LogP contribution in [0.1, 0.15) is 5.56 Å². The van der Waals surface area contributed by atoms with Gasteiger partial charge in [0.05, 0.1) is 24.8 Å². The van der Waals surface area contributed by atoms with E-state index in [1.807, 2.05) is 0 Å². The highest BCUT2D eigenvalue weighted by Crippen LogP contribution is 2.15. The van der Waals surface area contributed by atoms with Gasteiger partial charge in [-0.15, -0.1) is 0 Å². The Hall–Kier alpha value is -4.01. The minimum Gasteiger partial charge on any atom is -0.329 e. The minimum atomic E-state index is -0.430. The summed E-state index contributed by atoms with van der Waals surface area (Å²) in [6.45, 7) is 0.0495. The summed E-state index contributed by atoms with van der Waals surface area (Å²) in [5.41, 5.74) is 1.61. The van der Waals surface area contributed by atoms with Crippen LogP contribution in [-0.4, -0.2) is 39.1 Å². The van der Waals surface area contributed by atoms with Crippen LogP contribution in [0.25, 0.3) is 10.9 Å². The van der Waals surface area contributed by atoms with Crippen molar-refractivity contribution in [2.75, 3.05) is 11.9 Å². The highest BCUT2D eigenvalue weighted by Gasteiger charge is 2.28. The first-order valence-electron chi connectivity index (χ1n) is 8.93. The van der Waals surface area contributed by atoms with Crippen molar-refractivity contribution in [2.45, 2.75) is 13.1 Å². The van der Waals surface area contributed by atoms with Gasteiger partial charge in [0.15, 0.2) is 0 Å². The fraction of sp³-hybridized carbons (Fsp3) is 0.150. The molecule has 4 amide bonds. The minimum absolute atomic E-state index is 0.00438. The number of anilines is 1. The average molecular weight is 391 g/mol. The molecule has 0 aliphatic carbocycles. The Kier molecular flexibility index (Phi) is 4.78. The van der Waals surface area contributed by atoms with Crippen LogP contribution >= 0.6 is 0 Å². The van der Waals surface area contributed by atoms with Crippen molar-refractivity contribution < 1.29 is 14.4 Å². The molecule has 1 aliphatic rings. The molecule has 2 aromatic carbocycles. The number of para-hydroxylation sites is 1. The summed E-state index contributed by atoms with van der Waals surface area (Å²) in [7, 11) is 0. The number of amides is 4. The van der Waals surface area contributed by atoms with Gasteiger partial charge < -0.3 is 10.6 Å². The zero-order chi connectivity index (χ0) is 20.4. The number of urea groups is 1. The zero-order valence-corrected chi connectivity index (χ0v) is 15.3. The van der Waals surface area contributed by atoms with E-state index in [0.717, 1.165) is 4.90 Å². The maximum Gasteiger partial charge on any atom is 0.324 e. The molecule has 1 saturated heterocycles.